The Bertz CT molecular complexity index is 880. The highest BCUT2D eigenvalue weighted by Gasteiger charge is 2.11. The number of primary amides is 1. The number of rotatable bonds is 6. The van der Waals surface area contributed by atoms with Crippen LogP contribution in [0.1, 0.15) is 0 Å². The number of carbonyl (C=O) groups excluding carboxylic acids is 1. The minimum Gasteiger partial charge on any atom is -0.492 e. The molecular weight excluding hydrogens is 292 g/mol. The molecule has 6 heteroatoms. The number of nitrogens with one attached hydrogen (secondary N) is 1. The Labute approximate surface area is 133 Å². The molecule has 0 saturated carbocycles. The van der Waals surface area contributed by atoms with Crippen molar-refractivity contribution in [2.45, 2.75) is 13.1 Å². The van der Waals surface area contributed by atoms with Gasteiger partial charge in [-0.15, -0.1) is 0 Å². The lowest BCUT2D eigenvalue weighted by Gasteiger charge is -2.07. The zero-order valence-corrected chi connectivity index (χ0v) is 12.6. The summed E-state index contributed by atoms with van der Waals surface area (Å²) < 4.78 is 9.13. The van der Waals surface area contributed by atoms with Crippen molar-refractivity contribution >= 4 is 16.9 Å². The van der Waals surface area contributed by atoms with Gasteiger partial charge in [0.05, 0.1) is 17.6 Å². The first-order chi connectivity index (χ1) is 11.2. The van der Waals surface area contributed by atoms with Crippen LogP contribution >= 0.6 is 0 Å². The van der Waals surface area contributed by atoms with Crippen LogP contribution in [0, 0.1) is 5.41 Å². The smallest absolute Gasteiger partial charge is 0.237 e. The molecule has 3 rings (SSSR count). The van der Waals surface area contributed by atoms with Gasteiger partial charge in [-0.1, -0.05) is 30.3 Å². The van der Waals surface area contributed by atoms with Gasteiger partial charge in [0.15, 0.2) is 0 Å². The molecule has 1 heterocycles. The van der Waals surface area contributed by atoms with Crippen LogP contribution in [-0.4, -0.2) is 21.6 Å². The van der Waals surface area contributed by atoms with Crippen LogP contribution in [0.25, 0.3) is 11.0 Å². The number of benzene rings is 2. The molecule has 0 aliphatic heterocycles. The van der Waals surface area contributed by atoms with Crippen LogP contribution in [0.5, 0.6) is 5.75 Å². The van der Waals surface area contributed by atoms with E-state index in [4.69, 9.17) is 15.9 Å². The molecule has 0 atom stereocenters. The molecule has 1 aromatic heterocycles. The number of ether oxygens (including phenoxy) is 1. The first-order valence-corrected chi connectivity index (χ1v) is 7.35. The lowest BCUT2D eigenvalue weighted by atomic mass is 10.3. The highest BCUT2D eigenvalue weighted by molar-refractivity contribution is 5.79. The minimum atomic E-state index is -0.466. The highest BCUT2D eigenvalue weighted by atomic mass is 16.5. The Morgan fingerprint density at radius 1 is 1.00 bits per heavy atom. The number of imidazole rings is 1. The molecule has 0 fully saturated rings. The zero-order valence-electron chi connectivity index (χ0n) is 12.6. The van der Waals surface area contributed by atoms with Gasteiger partial charge in [-0.25, -0.2) is 0 Å². The maximum absolute atomic E-state index is 11.3. The van der Waals surface area contributed by atoms with Crippen LogP contribution in [0.4, 0.5) is 0 Å². The van der Waals surface area contributed by atoms with Gasteiger partial charge in [0.1, 0.15) is 18.9 Å². The fraction of sp³-hybridized carbons (Fsp3) is 0.176. The second-order valence-corrected chi connectivity index (χ2v) is 5.18. The van der Waals surface area contributed by atoms with Crippen LogP contribution in [0.3, 0.4) is 0 Å². The van der Waals surface area contributed by atoms with Crippen molar-refractivity contribution in [3.05, 3.63) is 60.2 Å². The molecule has 23 heavy (non-hydrogen) atoms. The van der Waals surface area contributed by atoms with E-state index in [1.54, 1.807) is 4.57 Å². The van der Waals surface area contributed by atoms with Crippen LogP contribution in [0.15, 0.2) is 54.6 Å². The number of nitrogens with zero attached hydrogens (tertiary/aromatic N) is 2. The van der Waals surface area contributed by atoms with Gasteiger partial charge in [0, 0.05) is 0 Å². The molecule has 0 aliphatic rings. The Kier molecular flexibility index (Phi) is 4.14. The Morgan fingerprint density at radius 3 is 2.26 bits per heavy atom. The SMILES string of the molecule is N=c1n(CCOc2ccccc2)c2ccccc2n1CC(N)=O. The number of aromatic nitrogens is 2. The lowest BCUT2D eigenvalue weighted by Crippen LogP contribution is -2.30. The Balaban J connectivity index is 1.87. The second-order valence-electron chi connectivity index (χ2n) is 5.18. The summed E-state index contributed by atoms with van der Waals surface area (Å²) in [6.45, 7) is 0.941. The fourth-order valence-corrected chi connectivity index (χ4v) is 2.61. The monoisotopic (exact) mass is 310 g/mol. The maximum Gasteiger partial charge on any atom is 0.237 e. The summed E-state index contributed by atoms with van der Waals surface area (Å²) in [6, 6.07) is 17.1. The summed E-state index contributed by atoms with van der Waals surface area (Å²) in [4.78, 5) is 11.3. The lowest BCUT2D eigenvalue weighted by molar-refractivity contribution is -0.118. The number of amides is 1. The summed E-state index contributed by atoms with van der Waals surface area (Å²) in [7, 11) is 0. The highest BCUT2D eigenvalue weighted by Crippen LogP contribution is 2.13. The topological polar surface area (TPSA) is 86.0 Å². The van der Waals surface area contributed by atoms with E-state index in [0.717, 1.165) is 16.8 Å². The summed E-state index contributed by atoms with van der Waals surface area (Å²) in [6.07, 6.45) is 0. The van der Waals surface area contributed by atoms with E-state index in [1.165, 1.54) is 0 Å². The van der Waals surface area contributed by atoms with E-state index in [0.29, 0.717) is 13.2 Å². The van der Waals surface area contributed by atoms with Gasteiger partial charge in [-0.05, 0) is 24.3 Å². The molecule has 0 unspecified atom stereocenters. The minimum absolute atomic E-state index is 0.00805. The number of fused-ring (bicyclic) bond motifs is 1. The second kappa shape index (κ2) is 6.39. The van der Waals surface area contributed by atoms with Crippen molar-refractivity contribution in [3.8, 4) is 5.75 Å². The third kappa shape index (κ3) is 3.11. The first kappa shape index (κ1) is 14.9. The molecule has 0 spiro atoms. The largest absolute Gasteiger partial charge is 0.492 e. The molecule has 0 bridgehead atoms. The van der Waals surface area contributed by atoms with Gasteiger partial charge in [0.2, 0.25) is 11.5 Å². The van der Waals surface area contributed by atoms with E-state index in [2.05, 4.69) is 0 Å². The van der Waals surface area contributed by atoms with Gasteiger partial charge < -0.3 is 19.6 Å². The molecule has 3 N–H and O–H groups in total. The molecular formula is C17H18N4O2. The predicted molar refractivity (Wildman–Crippen MR) is 86.9 cm³/mol. The predicted octanol–water partition coefficient (Wildman–Crippen LogP) is 1.49. The van der Waals surface area contributed by atoms with E-state index < -0.39 is 5.91 Å². The molecule has 118 valence electrons. The number of hydrogen-bond acceptors (Lipinski definition) is 3. The van der Waals surface area contributed by atoms with E-state index in [-0.39, 0.29) is 12.2 Å². The van der Waals surface area contributed by atoms with E-state index in [1.807, 2.05) is 59.2 Å². The average Bonchev–Trinajstić information content (AvgIpc) is 2.81. The Morgan fingerprint density at radius 2 is 1.61 bits per heavy atom. The van der Waals surface area contributed by atoms with E-state index >= 15 is 0 Å². The molecule has 0 radical (unpaired) electrons. The number of carbonyl (C=O) groups is 1. The van der Waals surface area contributed by atoms with Crippen molar-refractivity contribution in [1.29, 1.82) is 5.41 Å². The molecule has 6 nitrogen and oxygen atoms in total. The Hall–Kier alpha value is -3.02. The third-order valence-electron chi connectivity index (χ3n) is 3.62. The van der Waals surface area contributed by atoms with Gasteiger partial charge in [-0.3, -0.25) is 10.2 Å². The molecule has 3 aromatic rings. The molecule has 1 amide bonds. The van der Waals surface area contributed by atoms with Gasteiger partial charge in [0.25, 0.3) is 0 Å². The average molecular weight is 310 g/mol. The quantitative estimate of drug-likeness (QED) is 0.722. The summed E-state index contributed by atoms with van der Waals surface area (Å²) in [5.41, 5.74) is 7.23. The number of para-hydroxylation sites is 3. The summed E-state index contributed by atoms with van der Waals surface area (Å²) in [5.74, 6) is 0.326. The number of hydrogen-bond donors (Lipinski definition) is 2. The molecule has 2 aromatic carbocycles. The third-order valence-corrected chi connectivity index (χ3v) is 3.62. The summed E-state index contributed by atoms with van der Waals surface area (Å²) in [5, 5.41) is 8.31. The van der Waals surface area contributed by atoms with Crippen molar-refractivity contribution < 1.29 is 9.53 Å². The van der Waals surface area contributed by atoms with Gasteiger partial charge in [-0.2, -0.15) is 0 Å². The maximum atomic E-state index is 11.3. The standard InChI is InChI=1S/C17H18N4O2/c18-16(22)12-21-15-9-5-4-8-14(15)20(17(21)19)10-11-23-13-6-2-1-3-7-13/h1-9,19H,10-12H2,(H2,18,22). The van der Waals surface area contributed by atoms with Crippen LogP contribution in [0.2, 0.25) is 0 Å². The number of nitrogens with two attached hydrogens (primary N) is 1. The van der Waals surface area contributed by atoms with Crippen molar-refractivity contribution in [3.63, 3.8) is 0 Å². The van der Waals surface area contributed by atoms with Crippen LogP contribution in [-0.2, 0) is 17.9 Å². The summed E-state index contributed by atoms with van der Waals surface area (Å²) >= 11 is 0. The normalized spacial score (nSPS) is 10.8. The zero-order chi connectivity index (χ0) is 16.2. The first-order valence-electron chi connectivity index (χ1n) is 7.35. The van der Waals surface area contributed by atoms with Crippen molar-refractivity contribution in [1.82, 2.24) is 9.13 Å². The van der Waals surface area contributed by atoms with Crippen molar-refractivity contribution in [2.75, 3.05) is 6.61 Å². The fourth-order valence-electron chi connectivity index (χ4n) is 2.61. The van der Waals surface area contributed by atoms with Gasteiger partial charge >= 0.3 is 0 Å². The van der Waals surface area contributed by atoms with E-state index in [9.17, 15) is 4.79 Å². The molecule has 0 aliphatic carbocycles. The van der Waals surface area contributed by atoms with Crippen LogP contribution < -0.4 is 16.1 Å². The molecule has 0 saturated heterocycles. The van der Waals surface area contributed by atoms with Crippen molar-refractivity contribution in [2.24, 2.45) is 5.73 Å².